The molecule has 0 saturated heterocycles. The average molecular weight is 384 g/mol. The zero-order valence-corrected chi connectivity index (χ0v) is 15.9. The number of hydrogen-bond acceptors (Lipinski definition) is 5. The van der Waals surface area contributed by atoms with Crippen molar-refractivity contribution in [3.05, 3.63) is 33.0 Å². The Morgan fingerprint density at radius 2 is 2.25 bits per heavy atom. The molecular weight excluding hydrogens is 366 g/mol. The Morgan fingerprint density at radius 3 is 2.92 bits per heavy atom. The number of amides is 2. The predicted octanol–water partition coefficient (Wildman–Crippen LogP) is 3.61. The minimum absolute atomic E-state index is 0.0562. The van der Waals surface area contributed by atoms with Gasteiger partial charge in [0.15, 0.2) is 5.13 Å². The molecule has 0 atom stereocenters. The topological polar surface area (TPSA) is 62.3 Å². The van der Waals surface area contributed by atoms with Crippen LogP contribution < -0.4 is 5.32 Å². The van der Waals surface area contributed by atoms with Gasteiger partial charge in [-0.2, -0.15) is 0 Å². The largest absolute Gasteiger partial charge is 0.337 e. The fraction of sp³-hybridized carbons (Fsp3) is 0.438. The highest BCUT2D eigenvalue weighted by molar-refractivity contribution is 7.16. The van der Waals surface area contributed by atoms with Crippen LogP contribution in [0.4, 0.5) is 5.13 Å². The summed E-state index contributed by atoms with van der Waals surface area (Å²) < 4.78 is 0. The number of hydrogen-bond donors (Lipinski definition) is 1. The molecule has 0 saturated carbocycles. The van der Waals surface area contributed by atoms with Crippen LogP contribution in [0.2, 0.25) is 0 Å². The van der Waals surface area contributed by atoms with Gasteiger partial charge in [-0.05, 0) is 25.3 Å². The van der Waals surface area contributed by atoms with E-state index in [2.05, 4.69) is 10.3 Å². The lowest BCUT2D eigenvalue weighted by Gasteiger charge is -2.32. The maximum atomic E-state index is 12.6. The van der Waals surface area contributed by atoms with E-state index in [1.807, 2.05) is 30.2 Å². The van der Waals surface area contributed by atoms with Crippen molar-refractivity contribution in [3.8, 4) is 0 Å². The second-order valence-corrected chi connectivity index (χ2v) is 8.61. The van der Waals surface area contributed by atoms with Crippen LogP contribution in [-0.4, -0.2) is 34.1 Å². The summed E-state index contributed by atoms with van der Waals surface area (Å²) in [5, 5.41) is 5.29. The molecular formula is C16H18ClN3O2S2. The highest BCUT2D eigenvalue weighted by atomic mass is 35.5. The molecule has 2 aromatic rings. The number of fused-ring (bicyclic) bond motifs is 1. The lowest BCUT2D eigenvalue weighted by molar-refractivity contribution is -0.140. The third-order valence-corrected chi connectivity index (χ3v) is 6.43. The molecule has 0 unspecified atom stereocenters. The Balaban J connectivity index is 1.71. The third-order valence-electron chi connectivity index (χ3n) is 3.90. The Morgan fingerprint density at radius 1 is 1.46 bits per heavy atom. The Hall–Kier alpha value is -1.44. The molecule has 0 aromatic carbocycles. The van der Waals surface area contributed by atoms with Crippen molar-refractivity contribution in [2.45, 2.75) is 26.8 Å². The van der Waals surface area contributed by atoms with Crippen LogP contribution in [0.1, 0.15) is 34.1 Å². The number of thiazole rings is 1. The van der Waals surface area contributed by atoms with Crippen LogP contribution in [0.3, 0.4) is 0 Å². The lowest BCUT2D eigenvalue weighted by Crippen LogP contribution is -2.44. The van der Waals surface area contributed by atoms with Gasteiger partial charge in [0.05, 0.1) is 22.5 Å². The first-order valence-corrected chi connectivity index (χ1v) is 9.82. The maximum Gasteiger partial charge on any atom is 0.267 e. The van der Waals surface area contributed by atoms with Crippen LogP contribution >= 0.6 is 34.3 Å². The number of halogens is 1. The maximum absolute atomic E-state index is 12.6. The molecule has 1 N–H and O–H groups in total. The van der Waals surface area contributed by atoms with Gasteiger partial charge in [0.2, 0.25) is 5.91 Å². The standard InChI is InChI=1S/C16H18ClN3O2S2/c1-16(2,9-17)14(22)20-6-5-10-12(8-20)24-15(18-10)19-13(21)11-4-3-7-23-11/h3-4,7H,5-6,8-9H2,1-2H3,(H,18,19,21). The molecule has 5 nitrogen and oxygen atoms in total. The zero-order chi connectivity index (χ0) is 17.3. The van der Waals surface area contributed by atoms with Crippen molar-refractivity contribution in [2.75, 3.05) is 17.7 Å². The van der Waals surface area contributed by atoms with Crippen molar-refractivity contribution in [2.24, 2.45) is 5.41 Å². The first-order chi connectivity index (χ1) is 11.4. The SMILES string of the molecule is CC(C)(CCl)C(=O)N1CCc2nc(NC(=O)c3cccs3)sc2C1. The number of rotatable bonds is 4. The van der Waals surface area contributed by atoms with Gasteiger partial charge >= 0.3 is 0 Å². The van der Waals surface area contributed by atoms with Crippen molar-refractivity contribution in [1.82, 2.24) is 9.88 Å². The van der Waals surface area contributed by atoms with Crippen LogP contribution in [0.25, 0.3) is 0 Å². The van der Waals surface area contributed by atoms with Gasteiger partial charge in [0.1, 0.15) is 0 Å². The monoisotopic (exact) mass is 383 g/mol. The van der Waals surface area contributed by atoms with E-state index < -0.39 is 5.41 Å². The van der Waals surface area contributed by atoms with Crippen molar-refractivity contribution < 1.29 is 9.59 Å². The van der Waals surface area contributed by atoms with E-state index in [9.17, 15) is 9.59 Å². The summed E-state index contributed by atoms with van der Waals surface area (Å²) >= 11 is 8.74. The first-order valence-electron chi connectivity index (χ1n) is 7.59. The van der Waals surface area contributed by atoms with E-state index in [1.54, 1.807) is 6.07 Å². The van der Waals surface area contributed by atoms with Crippen molar-refractivity contribution in [1.29, 1.82) is 0 Å². The molecule has 24 heavy (non-hydrogen) atoms. The molecule has 0 fully saturated rings. The molecule has 0 spiro atoms. The first kappa shape index (κ1) is 17.4. The molecule has 8 heteroatoms. The number of thiophene rings is 1. The molecule has 0 radical (unpaired) electrons. The average Bonchev–Trinajstić information content (AvgIpc) is 3.22. The lowest BCUT2D eigenvalue weighted by atomic mass is 9.93. The number of anilines is 1. The summed E-state index contributed by atoms with van der Waals surface area (Å²) in [6, 6.07) is 3.62. The summed E-state index contributed by atoms with van der Waals surface area (Å²) in [7, 11) is 0. The van der Waals surface area contributed by atoms with Gasteiger partial charge in [0, 0.05) is 23.7 Å². The summed E-state index contributed by atoms with van der Waals surface area (Å²) in [5.74, 6) is 0.202. The molecule has 3 rings (SSSR count). The van der Waals surface area contributed by atoms with Gasteiger partial charge < -0.3 is 4.90 Å². The quantitative estimate of drug-likeness (QED) is 0.820. The van der Waals surface area contributed by atoms with Gasteiger partial charge in [-0.1, -0.05) is 17.4 Å². The summed E-state index contributed by atoms with van der Waals surface area (Å²) in [6.07, 6.45) is 0.699. The van der Waals surface area contributed by atoms with E-state index in [1.165, 1.54) is 22.7 Å². The molecule has 2 aromatic heterocycles. The molecule has 0 aliphatic carbocycles. The number of alkyl halides is 1. The number of nitrogens with zero attached hydrogens (tertiary/aromatic N) is 2. The fourth-order valence-corrected chi connectivity index (χ4v) is 4.23. The predicted molar refractivity (Wildman–Crippen MR) is 98.0 cm³/mol. The van der Waals surface area contributed by atoms with Crippen LogP contribution in [0, 0.1) is 5.41 Å². The van der Waals surface area contributed by atoms with E-state index in [-0.39, 0.29) is 11.8 Å². The number of aromatic nitrogens is 1. The highest BCUT2D eigenvalue weighted by Gasteiger charge is 2.34. The molecule has 1 aliphatic heterocycles. The second-order valence-electron chi connectivity index (χ2n) is 6.31. The smallest absolute Gasteiger partial charge is 0.267 e. The van der Waals surface area contributed by atoms with Gasteiger partial charge in [-0.25, -0.2) is 4.98 Å². The second kappa shape index (κ2) is 6.82. The molecule has 0 bridgehead atoms. The van der Waals surface area contributed by atoms with Crippen LogP contribution in [0.5, 0.6) is 0 Å². The molecule has 3 heterocycles. The Bertz CT molecular complexity index is 755. The van der Waals surface area contributed by atoms with E-state index in [0.717, 1.165) is 10.6 Å². The van der Waals surface area contributed by atoms with E-state index >= 15 is 0 Å². The number of carbonyl (C=O) groups is 2. The number of nitrogens with one attached hydrogen (secondary N) is 1. The number of carbonyl (C=O) groups excluding carboxylic acids is 2. The summed E-state index contributed by atoms with van der Waals surface area (Å²) in [5.41, 5.74) is 0.397. The molecule has 128 valence electrons. The van der Waals surface area contributed by atoms with Crippen LogP contribution in [0.15, 0.2) is 17.5 Å². The molecule has 2 amide bonds. The zero-order valence-electron chi connectivity index (χ0n) is 13.5. The summed E-state index contributed by atoms with van der Waals surface area (Å²) in [4.78, 5) is 32.7. The van der Waals surface area contributed by atoms with Gasteiger partial charge in [0.25, 0.3) is 5.91 Å². The fourth-order valence-electron chi connectivity index (χ4n) is 2.47. The normalized spacial score (nSPS) is 14.4. The van der Waals surface area contributed by atoms with E-state index in [4.69, 9.17) is 11.6 Å². The molecule has 1 aliphatic rings. The van der Waals surface area contributed by atoms with Crippen LogP contribution in [-0.2, 0) is 17.8 Å². The summed E-state index contributed by atoms with van der Waals surface area (Å²) in [6.45, 7) is 4.88. The van der Waals surface area contributed by atoms with Gasteiger partial charge in [-0.3, -0.25) is 14.9 Å². The minimum atomic E-state index is -0.569. The minimum Gasteiger partial charge on any atom is -0.337 e. The Labute approximate surface area is 153 Å². The van der Waals surface area contributed by atoms with Crippen molar-refractivity contribution in [3.63, 3.8) is 0 Å². The van der Waals surface area contributed by atoms with E-state index in [0.29, 0.717) is 35.4 Å². The third kappa shape index (κ3) is 3.48. The van der Waals surface area contributed by atoms with Crippen molar-refractivity contribution >= 4 is 51.2 Å². The highest BCUT2D eigenvalue weighted by Crippen LogP contribution is 2.31. The van der Waals surface area contributed by atoms with Gasteiger partial charge in [-0.15, -0.1) is 22.9 Å². The Kier molecular flexibility index (Phi) is 4.94.